The van der Waals surface area contributed by atoms with Gasteiger partial charge in [-0.3, -0.25) is 14.4 Å². The largest absolute Gasteiger partial charge is 0.350 e. The minimum Gasteiger partial charge on any atom is -0.350 e. The van der Waals surface area contributed by atoms with E-state index in [2.05, 4.69) is 15.5 Å². The van der Waals surface area contributed by atoms with Crippen LogP contribution in [0.4, 0.5) is 0 Å². The Morgan fingerprint density at radius 1 is 1.18 bits per heavy atom. The molecule has 2 heterocycles. The Kier molecular flexibility index (Phi) is 8.12. The Labute approximate surface area is 192 Å². The third kappa shape index (κ3) is 6.15. The zero-order valence-corrected chi connectivity index (χ0v) is 19.2. The molecule has 0 aliphatic carbocycles. The van der Waals surface area contributed by atoms with E-state index in [4.69, 9.17) is 4.52 Å². The Balaban J connectivity index is 1.65. The number of hydrogen-bond acceptors (Lipinski definition) is 6. The van der Waals surface area contributed by atoms with Crippen LogP contribution in [0.3, 0.4) is 0 Å². The van der Waals surface area contributed by atoms with Crippen LogP contribution in [0, 0.1) is 5.92 Å². The van der Waals surface area contributed by atoms with Gasteiger partial charge in [0.15, 0.2) is 0 Å². The summed E-state index contributed by atoms with van der Waals surface area (Å²) in [7, 11) is 0. The van der Waals surface area contributed by atoms with Gasteiger partial charge < -0.3 is 19.3 Å². The highest BCUT2D eigenvalue weighted by molar-refractivity contribution is 5.95. The third-order valence-corrected chi connectivity index (χ3v) is 5.00. The molecular formula is C24H29N5O4. The van der Waals surface area contributed by atoms with Crippen LogP contribution >= 0.6 is 0 Å². The van der Waals surface area contributed by atoms with Crippen LogP contribution in [0.5, 0.6) is 0 Å². The average Bonchev–Trinajstić information content (AvgIpc) is 3.34. The van der Waals surface area contributed by atoms with Crippen molar-refractivity contribution in [3.8, 4) is 11.4 Å². The topological polar surface area (TPSA) is 110 Å². The second-order valence-corrected chi connectivity index (χ2v) is 8.16. The average molecular weight is 452 g/mol. The predicted octanol–water partition coefficient (Wildman–Crippen LogP) is 2.84. The Hall–Kier alpha value is -3.75. The molecule has 1 N–H and O–H groups in total. The number of aromatic nitrogens is 3. The Morgan fingerprint density at radius 3 is 2.70 bits per heavy atom. The van der Waals surface area contributed by atoms with Crippen molar-refractivity contribution in [3.63, 3.8) is 0 Å². The summed E-state index contributed by atoms with van der Waals surface area (Å²) >= 11 is 0. The molecule has 9 heteroatoms. The highest BCUT2D eigenvalue weighted by Crippen LogP contribution is 2.17. The van der Waals surface area contributed by atoms with Gasteiger partial charge in [0, 0.05) is 43.5 Å². The zero-order valence-electron chi connectivity index (χ0n) is 19.2. The van der Waals surface area contributed by atoms with E-state index in [1.165, 1.54) is 12.5 Å². The van der Waals surface area contributed by atoms with Gasteiger partial charge in [-0.25, -0.2) is 0 Å². The lowest BCUT2D eigenvalue weighted by molar-refractivity contribution is 0.0748. The molecule has 0 bridgehead atoms. The van der Waals surface area contributed by atoms with Crippen LogP contribution in [-0.2, 0) is 6.54 Å². The number of carbonyl (C=O) groups is 2. The maximum absolute atomic E-state index is 13.1. The van der Waals surface area contributed by atoms with Gasteiger partial charge in [-0.2, -0.15) is 4.98 Å². The molecule has 0 aliphatic heterocycles. The number of rotatable bonds is 10. The van der Waals surface area contributed by atoms with E-state index < -0.39 is 5.91 Å². The molecule has 0 saturated heterocycles. The fourth-order valence-corrected chi connectivity index (χ4v) is 3.50. The van der Waals surface area contributed by atoms with Gasteiger partial charge in [0.05, 0.1) is 0 Å². The number of hydrogen-bond donors (Lipinski definition) is 1. The van der Waals surface area contributed by atoms with Crippen molar-refractivity contribution < 1.29 is 14.1 Å². The van der Waals surface area contributed by atoms with Gasteiger partial charge >= 0.3 is 0 Å². The molecule has 174 valence electrons. The zero-order chi connectivity index (χ0) is 23.8. The van der Waals surface area contributed by atoms with E-state index in [-0.39, 0.29) is 29.5 Å². The lowest BCUT2D eigenvalue weighted by Gasteiger charge is -2.22. The van der Waals surface area contributed by atoms with Crippen LogP contribution in [0.2, 0.25) is 0 Å². The van der Waals surface area contributed by atoms with Crippen molar-refractivity contribution in [2.75, 3.05) is 19.6 Å². The van der Waals surface area contributed by atoms with Crippen molar-refractivity contribution in [1.82, 2.24) is 24.9 Å². The Morgan fingerprint density at radius 2 is 2.00 bits per heavy atom. The first-order chi connectivity index (χ1) is 15.9. The van der Waals surface area contributed by atoms with Crippen LogP contribution in [0.25, 0.3) is 11.4 Å². The smallest absolute Gasteiger partial charge is 0.263 e. The maximum Gasteiger partial charge on any atom is 0.263 e. The number of nitrogens with one attached hydrogen (secondary N) is 1. The predicted molar refractivity (Wildman–Crippen MR) is 124 cm³/mol. The number of benzene rings is 1. The fourth-order valence-electron chi connectivity index (χ4n) is 3.50. The molecule has 9 nitrogen and oxygen atoms in total. The number of carbonyl (C=O) groups excluding carboxylic acids is 2. The molecule has 1 aromatic carbocycles. The fraction of sp³-hybridized carbons (Fsp3) is 0.375. The van der Waals surface area contributed by atoms with E-state index in [0.29, 0.717) is 36.6 Å². The van der Waals surface area contributed by atoms with Crippen LogP contribution < -0.4 is 10.9 Å². The van der Waals surface area contributed by atoms with Crippen molar-refractivity contribution in [1.29, 1.82) is 0 Å². The van der Waals surface area contributed by atoms with Crippen LogP contribution in [0.1, 0.15) is 47.9 Å². The number of nitrogens with zero attached hydrogens (tertiary/aromatic N) is 4. The molecule has 0 aliphatic rings. The van der Waals surface area contributed by atoms with E-state index in [0.717, 1.165) is 6.42 Å². The van der Waals surface area contributed by atoms with Crippen molar-refractivity contribution in [2.24, 2.45) is 5.92 Å². The van der Waals surface area contributed by atoms with Crippen molar-refractivity contribution >= 4 is 11.8 Å². The summed E-state index contributed by atoms with van der Waals surface area (Å²) in [6.45, 7) is 7.63. The first-order valence-electron chi connectivity index (χ1n) is 11.0. The highest BCUT2D eigenvalue weighted by atomic mass is 16.5. The van der Waals surface area contributed by atoms with Crippen molar-refractivity contribution in [2.45, 2.75) is 33.7 Å². The molecule has 3 aromatic rings. The summed E-state index contributed by atoms with van der Waals surface area (Å²) in [5.41, 5.74) is 0.959. The normalized spacial score (nSPS) is 10.9. The van der Waals surface area contributed by atoms with E-state index >= 15 is 0 Å². The summed E-state index contributed by atoms with van der Waals surface area (Å²) < 4.78 is 6.33. The summed E-state index contributed by atoms with van der Waals surface area (Å²) in [5.74, 6) is 0.0923. The second-order valence-electron chi connectivity index (χ2n) is 8.16. The van der Waals surface area contributed by atoms with E-state index in [1.54, 1.807) is 46.0 Å². The number of amides is 2. The minimum atomic E-state index is -0.443. The first-order valence-corrected chi connectivity index (χ1v) is 11.0. The molecule has 0 radical (unpaired) electrons. The SMILES string of the molecule is CCCN(CCNC(=O)c1cccn(CC(C)C)c1=O)C(=O)c1cccc(-c2ncon2)c1. The quantitative estimate of drug-likeness (QED) is 0.508. The monoisotopic (exact) mass is 451 g/mol. The number of pyridine rings is 1. The van der Waals surface area contributed by atoms with Crippen LogP contribution in [0.15, 0.2) is 58.3 Å². The Bertz CT molecular complexity index is 1140. The molecule has 2 aromatic heterocycles. The van der Waals surface area contributed by atoms with E-state index in [1.807, 2.05) is 20.8 Å². The first kappa shape index (κ1) is 23.9. The molecule has 3 rings (SSSR count). The summed E-state index contributed by atoms with van der Waals surface area (Å²) in [5, 5.41) is 6.58. The summed E-state index contributed by atoms with van der Waals surface area (Å²) in [6, 6.07) is 10.2. The summed E-state index contributed by atoms with van der Waals surface area (Å²) in [4.78, 5) is 44.0. The van der Waals surface area contributed by atoms with Crippen molar-refractivity contribution in [3.05, 3.63) is 70.5 Å². The maximum atomic E-state index is 13.1. The third-order valence-electron chi connectivity index (χ3n) is 5.00. The van der Waals surface area contributed by atoms with Gasteiger partial charge in [-0.05, 0) is 36.6 Å². The molecule has 0 saturated carbocycles. The summed E-state index contributed by atoms with van der Waals surface area (Å²) in [6.07, 6.45) is 3.69. The lowest BCUT2D eigenvalue weighted by Crippen LogP contribution is -2.40. The van der Waals surface area contributed by atoms with Gasteiger partial charge in [-0.1, -0.05) is 38.1 Å². The molecular weight excluding hydrogens is 422 g/mol. The van der Waals surface area contributed by atoms with E-state index in [9.17, 15) is 14.4 Å². The molecule has 33 heavy (non-hydrogen) atoms. The van der Waals surface area contributed by atoms with Crippen LogP contribution in [-0.4, -0.2) is 51.1 Å². The molecule has 0 unspecified atom stereocenters. The minimum absolute atomic E-state index is 0.0966. The van der Waals surface area contributed by atoms with Gasteiger partial charge in [0.25, 0.3) is 17.4 Å². The molecule has 0 spiro atoms. The second kappa shape index (κ2) is 11.2. The molecule has 0 atom stereocenters. The lowest BCUT2D eigenvalue weighted by atomic mass is 10.1. The highest BCUT2D eigenvalue weighted by Gasteiger charge is 2.18. The molecule has 0 fully saturated rings. The molecule has 2 amide bonds. The standard InChI is InChI=1S/C24H29N5O4/c1-4-11-28(23(31)19-8-5-7-18(14-19)21-26-16-33-27-21)13-10-25-22(30)20-9-6-12-29(24(20)32)15-17(2)3/h5-9,12,14,16-17H,4,10-11,13,15H2,1-3H3,(H,25,30). The van der Waals surface area contributed by atoms with Gasteiger partial charge in [0.1, 0.15) is 5.56 Å². The van der Waals surface area contributed by atoms with Gasteiger partial charge in [-0.15, -0.1) is 0 Å². The van der Waals surface area contributed by atoms with Gasteiger partial charge in [0.2, 0.25) is 12.2 Å².